The second kappa shape index (κ2) is 19.1. The van der Waals surface area contributed by atoms with Gasteiger partial charge in [0.15, 0.2) is 0 Å². The van der Waals surface area contributed by atoms with Gasteiger partial charge < -0.3 is 0 Å². The predicted molar refractivity (Wildman–Crippen MR) is 70.7 cm³/mol. The minimum atomic E-state index is 0.257. The molecule has 0 fully saturated rings. The Kier molecular flexibility index (Phi) is 25.3. The van der Waals surface area contributed by atoms with Gasteiger partial charge in [0.05, 0.1) is 6.33 Å². The average Bonchev–Trinajstić information content (AvgIpc) is 2.31. The largest absolute Gasteiger partial charge is 0.216 e. The smallest absolute Gasteiger partial charge is 0.0829 e. The number of unbranched alkanes of at least 4 members (excludes halogenated alkanes) is 1. The van der Waals surface area contributed by atoms with Crippen LogP contribution >= 0.6 is 0 Å². The molecule has 0 bridgehead atoms. The lowest BCUT2D eigenvalue weighted by atomic mass is 9.97. The maximum Gasteiger partial charge on any atom is 0.0829 e. The van der Waals surface area contributed by atoms with Crippen LogP contribution in [0.4, 0.5) is 4.39 Å². The van der Waals surface area contributed by atoms with Crippen LogP contribution in [0.2, 0.25) is 0 Å². The molecule has 0 rings (SSSR count). The van der Waals surface area contributed by atoms with Crippen molar-refractivity contribution in [2.75, 3.05) is 0 Å². The highest BCUT2D eigenvalue weighted by atomic mass is 19.1. The molecule has 0 aromatic rings. The summed E-state index contributed by atoms with van der Waals surface area (Å²) >= 11 is 0. The van der Waals surface area contributed by atoms with Crippen molar-refractivity contribution in [3.63, 3.8) is 0 Å². The van der Waals surface area contributed by atoms with Gasteiger partial charge in [-0.25, -0.2) is 4.39 Å². The van der Waals surface area contributed by atoms with Crippen LogP contribution in [0.15, 0.2) is 25.1 Å². The second-order valence-corrected chi connectivity index (χ2v) is 3.27. The zero-order valence-electron chi connectivity index (χ0n) is 11.4. The monoisotopic (exact) mass is 216 g/mol. The van der Waals surface area contributed by atoms with Gasteiger partial charge in [-0.05, 0) is 11.8 Å². The van der Waals surface area contributed by atoms with Gasteiger partial charge in [-0.1, -0.05) is 66.5 Å². The Morgan fingerprint density at radius 2 is 1.47 bits per heavy atom. The minimum Gasteiger partial charge on any atom is -0.216 e. The van der Waals surface area contributed by atoms with Gasteiger partial charge in [0.1, 0.15) is 0 Å². The quantitative estimate of drug-likeness (QED) is 0.524. The van der Waals surface area contributed by atoms with E-state index in [1.807, 2.05) is 33.8 Å². The molecule has 0 nitrogen and oxygen atoms in total. The Bertz CT molecular complexity index is 125. The molecule has 0 aliphatic carbocycles. The van der Waals surface area contributed by atoms with Crippen molar-refractivity contribution in [1.82, 2.24) is 0 Å². The van der Waals surface area contributed by atoms with Crippen LogP contribution in [0, 0.1) is 11.8 Å². The van der Waals surface area contributed by atoms with E-state index >= 15 is 0 Å². The maximum absolute atomic E-state index is 11.5. The van der Waals surface area contributed by atoms with Crippen LogP contribution in [0.25, 0.3) is 0 Å². The molecule has 92 valence electrons. The SMILES string of the molecule is C=CC(C)C(C)/C=C/F.CC.CCCC. The Hall–Kier alpha value is -0.590. The zero-order chi connectivity index (χ0) is 12.7. The van der Waals surface area contributed by atoms with Crippen LogP contribution in [0.1, 0.15) is 54.4 Å². The Morgan fingerprint density at radius 1 is 1.07 bits per heavy atom. The van der Waals surface area contributed by atoms with Crippen molar-refractivity contribution < 1.29 is 4.39 Å². The maximum atomic E-state index is 11.5. The number of rotatable bonds is 4. The first kappa shape index (κ1) is 19.9. The molecule has 2 unspecified atom stereocenters. The summed E-state index contributed by atoms with van der Waals surface area (Å²) < 4.78 is 11.5. The summed E-state index contributed by atoms with van der Waals surface area (Å²) in [5.74, 6) is 0.615. The first-order valence-corrected chi connectivity index (χ1v) is 6.03. The van der Waals surface area contributed by atoms with E-state index in [1.165, 1.54) is 18.9 Å². The molecule has 0 saturated heterocycles. The molecule has 0 saturated carbocycles. The number of hydrogen-bond acceptors (Lipinski definition) is 0. The third-order valence-corrected chi connectivity index (χ3v) is 2.08. The molecule has 0 spiro atoms. The van der Waals surface area contributed by atoms with Crippen LogP contribution < -0.4 is 0 Å². The summed E-state index contributed by atoms with van der Waals surface area (Å²) in [7, 11) is 0. The third-order valence-electron chi connectivity index (χ3n) is 2.08. The van der Waals surface area contributed by atoms with Crippen molar-refractivity contribution in [3.05, 3.63) is 25.1 Å². The Morgan fingerprint density at radius 3 is 1.67 bits per heavy atom. The number of hydrogen-bond donors (Lipinski definition) is 0. The van der Waals surface area contributed by atoms with E-state index in [-0.39, 0.29) is 5.92 Å². The topological polar surface area (TPSA) is 0 Å². The fourth-order valence-electron chi connectivity index (χ4n) is 0.505. The highest BCUT2D eigenvalue weighted by Gasteiger charge is 2.02. The van der Waals surface area contributed by atoms with Gasteiger partial charge in [-0.15, -0.1) is 6.58 Å². The van der Waals surface area contributed by atoms with Crippen molar-refractivity contribution in [2.24, 2.45) is 11.8 Å². The molecular formula is C14H29F. The standard InChI is InChI=1S/C8H13F.C4H10.C2H6/c1-4-7(2)8(3)5-6-9;1-3-4-2;1-2/h4-8H,1H2,2-3H3;3-4H2,1-2H3;1-2H3/b6-5+;;. The molecule has 2 atom stereocenters. The van der Waals surface area contributed by atoms with Gasteiger partial charge in [-0.3, -0.25) is 0 Å². The van der Waals surface area contributed by atoms with Crippen LogP contribution in [-0.4, -0.2) is 0 Å². The Labute approximate surface area is 96.3 Å². The summed E-state index contributed by atoms with van der Waals surface area (Å²) in [5.41, 5.74) is 0. The summed E-state index contributed by atoms with van der Waals surface area (Å²) in [5, 5.41) is 0. The van der Waals surface area contributed by atoms with Gasteiger partial charge >= 0.3 is 0 Å². The zero-order valence-corrected chi connectivity index (χ0v) is 11.4. The van der Waals surface area contributed by atoms with Crippen molar-refractivity contribution >= 4 is 0 Å². The molecule has 15 heavy (non-hydrogen) atoms. The fourth-order valence-corrected chi connectivity index (χ4v) is 0.505. The summed E-state index contributed by atoms with van der Waals surface area (Å²) in [6, 6.07) is 0. The second-order valence-electron chi connectivity index (χ2n) is 3.27. The third kappa shape index (κ3) is 19.7. The van der Waals surface area contributed by atoms with Crippen LogP contribution in [0.3, 0.4) is 0 Å². The molecule has 0 aliphatic heterocycles. The summed E-state index contributed by atoms with van der Waals surface area (Å²) in [6.07, 6.45) is 6.59. The predicted octanol–water partition coefficient (Wildman–Crippen LogP) is 5.76. The van der Waals surface area contributed by atoms with Gasteiger partial charge in [0.25, 0.3) is 0 Å². The molecule has 0 aliphatic rings. The van der Waals surface area contributed by atoms with E-state index in [0.29, 0.717) is 12.2 Å². The minimum absolute atomic E-state index is 0.257. The van der Waals surface area contributed by atoms with Gasteiger partial charge in [0.2, 0.25) is 0 Å². The van der Waals surface area contributed by atoms with E-state index in [2.05, 4.69) is 20.4 Å². The van der Waals surface area contributed by atoms with E-state index < -0.39 is 0 Å². The lowest BCUT2D eigenvalue weighted by molar-refractivity contribution is 0.548. The number of allylic oxidation sites excluding steroid dienone is 2. The molecule has 0 aromatic carbocycles. The van der Waals surface area contributed by atoms with Crippen LogP contribution in [-0.2, 0) is 0 Å². The molecule has 0 radical (unpaired) electrons. The molecular weight excluding hydrogens is 187 g/mol. The summed E-state index contributed by atoms with van der Waals surface area (Å²) in [6.45, 7) is 15.9. The first-order chi connectivity index (χ1) is 7.13. The van der Waals surface area contributed by atoms with Gasteiger partial charge in [0, 0.05) is 0 Å². The molecule has 0 N–H and O–H groups in total. The lowest BCUT2D eigenvalue weighted by Gasteiger charge is -2.09. The van der Waals surface area contributed by atoms with E-state index in [1.54, 1.807) is 0 Å². The first-order valence-electron chi connectivity index (χ1n) is 6.03. The van der Waals surface area contributed by atoms with E-state index in [0.717, 1.165) is 0 Å². The lowest BCUT2D eigenvalue weighted by Crippen LogP contribution is -2.00. The van der Waals surface area contributed by atoms with Crippen LogP contribution in [0.5, 0.6) is 0 Å². The number of halogens is 1. The van der Waals surface area contributed by atoms with E-state index in [4.69, 9.17) is 0 Å². The van der Waals surface area contributed by atoms with Crippen molar-refractivity contribution in [2.45, 2.75) is 54.4 Å². The summed E-state index contributed by atoms with van der Waals surface area (Å²) in [4.78, 5) is 0. The van der Waals surface area contributed by atoms with E-state index in [9.17, 15) is 4.39 Å². The molecule has 0 aromatic heterocycles. The normalized spacial score (nSPS) is 13.0. The van der Waals surface area contributed by atoms with Gasteiger partial charge in [-0.2, -0.15) is 0 Å². The van der Waals surface area contributed by atoms with Crippen molar-refractivity contribution in [1.29, 1.82) is 0 Å². The highest BCUT2D eigenvalue weighted by Crippen LogP contribution is 2.12. The van der Waals surface area contributed by atoms with Crippen molar-refractivity contribution in [3.8, 4) is 0 Å². The fraction of sp³-hybridized carbons (Fsp3) is 0.714. The average molecular weight is 216 g/mol. The Balaban J connectivity index is -0.000000202. The molecule has 0 amide bonds. The highest BCUT2D eigenvalue weighted by molar-refractivity contribution is 4.89. The molecule has 0 heterocycles. The molecule has 1 heteroatoms.